The van der Waals surface area contributed by atoms with Gasteiger partial charge in [0, 0.05) is 6.07 Å². The van der Waals surface area contributed by atoms with Crippen LogP contribution in [-0.2, 0) is 16.7 Å². The molecule has 2 rings (SSSR count). The molecule has 0 fully saturated rings. The van der Waals surface area contributed by atoms with Crippen LogP contribution in [0.15, 0.2) is 24.5 Å². The van der Waals surface area contributed by atoms with Crippen LogP contribution in [0.4, 0.5) is 11.8 Å². The van der Waals surface area contributed by atoms with Gasteiger partial charge in [0.15, 0.2) is 6.54 Å². The van der Waals surface area contributed by atoms with Gasteiger partial charge in [-0.1, -0.05) is 4.68 Å². The minimum atomic E-state index is -4.29. The molecule has 0 unspecified atom stereocenters. The summed E-state index contributed by atoms with van der Waals surface area (Å²) in [6.07, 6.45) is 3.01. The molecule has 0 aliphatic rings. The lowest BCUT2D eigenvalue weighted by Crippen LogP contribution is -2.40. The molecule has 0 bridgehead atoms. The van der Waals surface area contributed by atoms with Crippen molar-refractivity contribution in [1.29, 1.82) is 0 Å². The first-order chi connectivity index (χ1) is 9.33. The third-order valence-electron chi connectivity index (χ3n) is 2.39. The Morgan fingerprint density at radius 1 is 1.30 bits per heavy atom. The van der Waals surface area contributed by atoms with Crippen LogP contribution < -0.4 is 16.1 Å². The average molecular weight is 296 g/mol. The van der Waals surface area contributed by atoms with Crippen LogP contribution in [0.25, 0.3) is 11.3 Å². The molecule has 106 valence electrons. The van der Waals surface area contributed by atoms with E-state index in [1.165, 1.54) is 16.9 Å². The van der Waals surface area contributed by atoms with Crippen LogP contribution in [0, 0.1) is 0 Å². The Hall–Kier alpha value is -2.33. The van der Waals surface area contributed by atoms with E-state index < -0.39 is 15.9 Å². The van der Waals surface area contributed by atoms with Crippen LogP contribution in [0.2, 0.25) is 0 Å². The highest BCUT2D eigenvalue weighted by molar-refractivity contribution is 7.85. The number of hydrogen-bond donors (Lipinski definition) is 2. The third kappa shape index (κ3) is 3.83. The summed E-state index contributed by atoms with van der Waals surface area (Å²) in [5.74, 6) is -0.286. The Labute approximate surface area is 115 Å². The van der Waals surface area contributed by atoms with Gasteiger partial charge >= 0.3 is 0 Å². The fraction of sp³-hybridized carbons (Fsp3) is 0.200. The van der Waals surface area contributed by atoms with Crippen LogP contribution in [0.1, 0.15) is 0 Å². The monoisotopic (exact) mass is 296 g/mol. The molecule has 0 amide bonds. The third-order valence-corrected chi connectivity index (χ3v) is 3.07. The van der Waals surface area contributed by atoms with Crippen LogP contribution >= 0.6 is 0 Å². The van der Waals surface area contributed by atoms with Crippen molar-refractivity contribution < 1.29 is 17.7 Å². The molecule has 20 heavy (non-hydrogen) atoms. The first kappa shape index (κ1) is 14.1. The van der Waals surface area contributed by atoms with Gasteiger partial charge in [-0.3, -0.25) is 0 Å². The van der Waals surface area contributed by atoms with E-state index in [0.717, 1.165) is 0 Å². The van der Waals surface area contributed by atoms with Crippen molar-refractivity contribution in [3.63, 3.8) is 0 Å². The molecule has 10 heteroatoms. The number of nitrogens with zero attached hydrogens (tertiary/aromatic N) is 4. The highest BCUT2D eigenvalue weighted by Gasteiger charge is 2.11. The van der Waals surface area contributed by atoms with Gasteiger partial charge in [0.1, 0.15) is 15.9 Å². The molecule has 0 radical (unpaired) electrons. The molecule has 2 aromatic heterocycles. The molecular formula is C10H12N6O3S. The second-order valence-electron chi connectivity index (χ2n) is 3.98. The lowest BCUT2D eigenvalue weighted by Gasteiger charge is -2.04. The van der Waals surface area contributed by atoms with E-state index in [9.17, 15) is 13.0 Å². The number of nitrogens with two attached hydrogens (primary N) is 2. The number of rotatable bonds is 4. The van der Waals surface area contributed by atoms with Crippen LogP contribution in [0.3, 0.4) is 0 Å². The fourth-order valence-corrected chi connectivity index (χ4v) is 1.96. The largest absolute Gasteiger partial charge is 0.748 e. The topological polar surface area (TPSA) is 152 Å². The maximum atomic E-state index is 10.6. The van der Waals surface area contributed by atoms with E-state index in [1.807, 2.05) is 0 Å². The Bertz CT molecular complexity index is 713. The molecular weight excluding hydrogens is 284 g/mol. The lowest BCUT2D eigenvalue weighted by molar-refractivity contribution is -0.749. The standard InChI is InChI=1S/C10H12N6O3S/c11-9-5-8(14-10(12)15-9)7-1-2-13-16(6-7)3-4-20(17,18)19/h1-2,5-6H,3-4H2,(H4-,11,12,14,15,17,18,19). The van der Waals surface area contributed by atoms with Crippen LogP contribution in [-0.4, -0.2) is 33.8 Å². The normalized spacial score (nSPS) is 11.4. The van der Waals surface area contributed by atoms with Gasteiger partial charge in [-0.05, 0) is 11.2 Å². The van der Waals surface area contributed by atoms with Gasteiger partial charge in [0.25, 0.3) is 0 Å². The van der Waals surface area contributed by atoms with Gasteiger partial charge < -0.3 is 16.0 Å². The molecule has 0 atom stereocenters. The maximum absolute atomic E-state index is 10.6. The Morgan fingerprint density at radius 2 is 2.05 bits per heavy atom. The first-order valence-corrected chi connectivity index (χ1v) is 7.11. The van der Waals surface area contributed by atoms with Crippen molar-refractivity contribution in [2.75, 3.05) is 17.2 Å². The molecule has 0 aliphatic heterocycles. The van der Waals surface area contributed by atoms with Gasteiger partial charge in [-0.15, -0.1) is 0 Å². The van der Waals surface area contributed by atoms with E-state index in [1.54, 1.807) is 12.3 Å². The molecule has 0 saturated heterocycles. The Balaban J connectivity index is 2.29. The summed E-state index contributed by atoms with van der Waals surface area (Å²) in [5, 5.41) is 3.92. The second kappa shape index (κ2) is 5.35. The van der Waals surface area contributed by atoms with Crippen molar-refractivity contribution in [2.45, 2.75) is 6.54 Å². The number of hydrogen-bond acceptors (Lipinski definition) is 8. The number of aromatic nitrogens is 4. The van der Waals surface area contributed by atoms with Gasteiger partial charge in [0.2, 0.25) is 12.1 Å². The SMILES string of the molecule is Nc1cc(-c2ccn[n+](CCS(=O)(=O)[O-])c2)nc(N)n1. The summed E-state index contributed by atoms with van der Waals surface area (Å²) < 4.78 is 33.1. The summed E-state index contributed by atoms with van der Waals surface area (Å²) in [6.45, 7) is -0.0459. The van der Waals surface area contributed by atoms with Crippen molar-refractivity contribution in [2.24, 2.45) is 0 Å². The summed E-state index contributed by atoms with van der Waals surface area (Å²) in [4.78, 5) is 7.77. The minimum absolute atomic E-state index is 0.0329. The molecule has 2 heterocycles. The predicted molar refractivity (Wildman–Crippen MR) is 68.8 cm³/mol. The van der Waals surface area contributed by atoms with Gasteiger partial charge in [0.05, 0.1) is 23.2 Å². The van der Waals surface area contributed by atoms with Gasteiger partial charge in [-0.2, -0.15) is 4.98 Å². The van der Waals surface area contributed by atoms with E-state index in [0.29, 0.717) is 11.3 Å². The average Bonchev–Trinajstić information content (AvgIpc) is 2.35. The number of nitrogen functional groups attached to an aromatic ring is 2. The second-order valence-corrected chi connectivity index (χ2v) is 5.50. The number of aryl methyl sites for hydroxylation is 1. The maximum Gasteiger partial charge on any atom is 0.222 e. The van der Waals surface area contributed by atoms with Gasteiger partial charge in [-0.25, -0.2) is 13.4 Å². The smallest absolute Gasteiger partial charge is 0.222 e. The fourth-order valence-electron chi connectivity index (χ4n) is 1.55. The zero-order valence-electron chi connectivity index (χ0n) is 10.3. The molecule has 0 aromatic carbocycles. The summed E-state index contributed by atoms with van der Waals surface area (Å²) in [6, 6.07) is 3.18. The molecule has 0 saturated carbocycles. The predicted octanol–water partition coefficient (Wildman–Crippen LogP) is -1.46. The summed E-state index contributed by atoms with van der Waals surface area (Å²) >= 11 is 0. The van der Waals surface area contributed by atoms with Crippen molar-refractivity contribution in [1.82, 2.24) is 15.1 Å². The number of anilines is 2. The molecule has 0 aliphatic carbocycles. The van der Waals surface area contributed by atoms with E-state index in [2.05, 4.69) is 15.1 Å². The first-order valence-electron chi connectivity index (χ1n) is 5.53. The zero-order chi connectivity index (χ0) is 14.8. The van der Waals surface area contributed by atoms with Crippen LogP contribution in [0.5, 0.6) is 0 Å². The highest BCUT2D eigenvalue weighted by Crippen LogP contribution is 2.17. The van der Waals surface area contributed by atoms with E-state index in [-0.39, 0.29) is 18.3 Å². The van der Waals surface area contributed by atoms with E-state index in [4.69, 9.17) is 11.5 Å². The highest BCUT2D eigenvalue weighted by atomic mass is 32.2. The van der Waals surface area contributed by atoms with Crippen molar-refractivity contribution in [3.8, 4) is 11.3 Å². The zero-order valence-corrected chi connectivity index (χ0v) is 11.1. The lowest BCUT2D eigenvalue weighted by atomic mass is 10.2. The quantitative estimate of drug-likeness (QED) is 0.512. The molecule has 9 nitrogen and oxygen atoms in total. The summed E-state index contributed by atoms with van der Waals surface area (Å²) in [7, 11) is -4.29. The van der Waals surface area contributed by atoms with E-state index >= 15 is 0 Å². The Morgan fingerprint density at radius 3 is 2.70 bits per heavy atom. The molecule has 2 aromatic rings. The van der Waals surface area contributed by atoms with Crippen molar-refractivity contribution >= 4 is 21.9 Å². The van der Waals surface area contributed by atoms with Crippen molar-refractivity contribution in [3.05, 3.63) is 24.5 Å². The summed E-state index contributed by atoms with van der Waals surface area (Å²) in [5.41, 5.74) is 12.2. The molecule has 0 spiro atoms. The Kier molecular flexibility index (Phi) is 3.77. The minimum Gasteiger partial charge on any atom is -0.748 e. The molecule has 4 N–H and O–H groups in total.